The van der Waals surface area contributed by atoms with Crippen LogP contribution in [0.15, 0.2) is 66.7 Å². The summed E-state index contributed by atoms with van der Waals surface area (Å²) in [7, 11) is 0. The van der Waals surface area contributed by atoms with E-state index in [1.807, 2.05) is 29.2 Å². The molecule has 1 atom stereocenters. The molecule has 4 aromatic rings. The highest BCUT2D eigenvalue weighted by molar-refractivity contribution is 7.18. The number of aromatic nitrogens is 2. The standard InChI is InChI=1S/C27H27N3OS/c1-19-15-21(16-20-7-3-2-4-8-20)17-24(28-19)22-13-14-30(18-22)27(31)12-11-26-29-23-9-5-6-10-25(23)32-26/h2-10,15,17,22H,11-14,16,18H2,1H3/t22-/m0/s1. The minimum atomic E-state index is 0.226. The van der Waals surface area contributed by atoms with Crippen LogP contribution in [0.3, 0.4) is 0 Å². The molecule has 0 aliphatic carbocycles. The first kappa shape index (κ1) is 20.8. The molecule has 2 aromatic heterocycles. The van der Waals surface area contributed by atoms with Crippen LogP contribution in [-0.4, -0.2) is 33.9 Å². The number of para-hydroxylation sites is 1. The Hall–Kier alpha value is -3.05. The maximum Gasteiger partial charge on any atom is 0.223 e. The van der Waals surface area contributed by atoms with E-state index < -0.39 is 0 Å². The minimum Gasteiger partial charge on any atom is -0.342 e. The number of benzene rings is 2. The SMILES string of the molecule is Cc1cc(Cc2ccccc2)cc([C@H]2CCN(C(=O)CCc3nc4ccccc4s3)C2)n1. The van der Waals surface area contributed by atoms with Crippen LogP contribution in [0.4, 0.5) is 0 Å². The molecule has 2 aromatic carbocycles. The van der Waals surface area contributed by atoms with Gasteiger partial charge in [0.1, 0.15) is 0 Å². The van der Waals surface area contributed by atoms with Gasteiger partial charge >= 0.3 is 0 Å². The summed E-state index contributed by atoms with van der Waals surface area (Å²) >= 11 is 1.69. The summed E-state index contributed by atoms with van der Waals surface area (Å²) < 4.78 is 1.19. The molecule has 4 nitrogen and oxygen atoms in total. The largest absolute Gasteiger partial charge is 0.342 e. The Morgan fingerprint density at radius 3 is 2.69 bits per heavy atom. The van der Waals surface area contributed by atoms with Crippen LogP contribution < -0.4 is 0 Å². The number of hydrogen-bond acceptors (Lipinski definition) is 4. The summed E-state index contributed by atoms with van der Waals surface area (Å²) in [6, 6.07) is 23.1. The number of rotatable bonds is 6. The number of pyridine rings is 1. The molecule has 162 valence electrons. The van der Waals surface area contributed by atoms with E-state index in [1.54, 1.807) is 11.3 Å². The summed E-state index contributed by atoms with van der Waals surface area (Å²) in [5.74, 6) is 0.541. The molecule has 0 unspecified atom stereocenters. The van der Waals surface area contributed by atoms with Gasteiger partial charge in [0.15, 0.2) is 0 Å². The lowest BCUT2D eigenvalue weighted by Gasteiger charge is -2.17. The Kier molecular flexibility index (Phi) is 5.99. The van der Waals surface area contributed by atoms with E-state index in [2.05, 4.69) is 54.4 Å². The highest BCUT2D eigenvalue weighted by Gasteiger charge is 2.28. The maximum absolute atomic E-state index is 12.9. The lowest BCUT2D eigenvalue weighted by Crippen LogP contribution is -2.28. The number of amides is 1. The van der Waals surface area contributed by atoms with Crippen LogP contribution >= 0.6 is 11.3 Å². The molecular formula is C27H27N3OS. The second kappa shape index (κ2) is 9.21. The van der Waals surface area contributed by atoms with E-state index in [0.29, 0.717) is 18.8 Å². The molecule has 1 saturated heterocycles. The zero-order valence-corrected chi connectivity index (χ0v) is 19.1. The van der Waals surface area contributed by atoms with Crippen LogP contribution in [0, 0.1) is 6.92 Å². The highest BCUT2D eigenvalue weighted by atomic mass is 32.1. The summed E-state index contributed by atoms with van der Waals surface area (Å²) in [5, 5.41) is 1.04. The first-order valence-electron chi connectivity index (χ1n) is 11.3. The lowest BCUT2D eigenvalue weighted by atomic mass is 9.98. The maximum atomic E-state index is 12.9. The molecule has 1 fully saturated rings. The molecule has 0 N–H and O–H groups in total. The van der Waals surface area contributed by atoms with E-state index in [0.717, 1.165) is 47.8 Å². The molecular weight excluding hydrogens is 414 g/mol. The molecule has 1 aliphatic heterocycles. The number of carbonyl (C=O) groups excluding carboxylic acids is 1. The number of nitrogens with zero attached hydrogens (tertiary/aromatic N) is 3. The zero-order valence-electron chi connectivity index (χ0n) is 18.3. The predicted molar refractivity (Wildman–Crippen MR) is 130 cm³/mol. The monoisotopic (exact) mass is 441 g/mol. The average Bonchev–Trinajstić information content (AvgIpc) is 3.45. The summed E-state index contributed by atoms with van der Waals surface area (Å²) in [5.41, 5.74) is 5.80. The first-order chi connectivity index (χ1) is 15.6. The van der Waals surface area contributed by atoms with Gasteiger partial charge in [0.25, 0.3) is 0 Å². The van der Waals surface area contributed by atoms with Crippen molar-refractivity contribution < 1.29 is 4.79 Å². The number of aryl methyl sites for hydroxylation is 2. The van der Waals surface area contributed by atoms with Crippen molar-refractivity contribution in [3.8, 4) is 0 Å². The molecule has 0 spiro atoms. The van der Waals surface area contributed by atoms with E-state index in [9.17, 15) is 4.79 Å². The fourth-order valence-electron chi connectivity index (χ4n) is 4.54. The van der Waals surface area contributed by atoms with E-state index in [-0.39, 0.29) is 5.91 Å². The fraction of sp³-hybridized carbons (Fsp3) is 0.296. The normalized spacial score (nSPS) is 16.0. The van der Waals surface area contributed by atoms with Crippen molar-refractivity contribution in [1.29, 1.82) is 0 Å². The Morgan fingerprint density at radius 1 is 1.03 bits per heavy atom. The fourth-order valence-corrected chi connectivity index (χ4v) is 5.50. The van der Waals surface area contributed by atoms with Gasteiger partial charge in [-0.1, -0.05) is 42.5 Å². The third-order valence-corrected chi connectivity index (χ3v) is 7.23. The molecule has 32 heavy (non-hydrogen) atoms. The average molecular weight is 442 g/mol. The van der Waals surface area contributed by atoms with Crippen molar-refractivity contribution in [3.63, 3.8) is 0 Å². The minimum absolute atomic E-state index is 0.226. The molecule has 5 rings (SSSR count). The number of carbonyl (C=O) groups is 1. The molecule has 0 saturated carbocycles. The van der Waals surface area contributed by atoms with Crippen molar-refractivity contribution in [2.45, 2.75) is 38.5 Å². The van der Waals surface area contributed by atoms with Gasteiger partial charge in [0, 0.05) is 43.2 Å². The van der Waals surface area contributed by atoms with Crippen LogP contribution in [0.1, 0.15) is 46.3 Å². The third-order valence-electron chi connectivity index (χ3n) is 6.13. The van der Waals surface area contributed by atoms with Gasteiger partial charge in [-0.2, -0.15) is 0 Å². The van der Waals surface area contributed by atoms with E-state index >= 15 is 0 Å². The highest BCUT2D eigenvalue weighted by Crippen LogP contribution is 2.28. The van der Waals surface area contributed by atoms with Gasteiger partial charge in [-0.25, -0.2) is 4.98 Å². The van der Waals surface area contributed by atoms with Gasteiger partial charge in [0.2, 0.25) is 5.91 Å². The molecule has 5 heteroatoms. The molecule has 3 heterocycles. The molecule has 0 radical (unpaired) electrons. The van der Waals surface area contributed by atoms with Gasteiger partial charge in [-0.05, 0) is 55.2 Å². The van der Waals surface area contributed by atoms with Crippen molar-refractivity contribution >= 4 is 27.5 Å². The number of thiazole rings is 1. The van der Waals surface area contributed by atoms with E-state index in [1.165, 1.54) is 15.8 Å². The molecule has 0 bridgehead atoms. The second-order valence-electron chi connectivity index (χ2n) is 8.60. The van der Waals surface area contributed by atoms with Crippen molar-refractivity contribution in [2.75, 3.05) is 13.1 Å². The van der Waals surface area contributed by atoms with Crippen LogP contribution in [-0.2, 0) is 17.6 Å². The van der Waals surface area contributed by atoms with Crippen molar-refractivity contribution in [3.05, 3.63) is 94.3 Å². The van der Waals surface area contributed by atoms with Crippen LogP contribution in [0.5, 0.6) is 0 Å². The summed E-state index contributed by atoms with van der Waals surface area (Å²) in [6.45, 7) is 3.64. The van der Waals surface area contributed by atoms with Crippen molar-refractivity contribution in [2.24, 2.45) is 0 Å². The predicted octanol–water partition coefficient (Wildman–Crippen LogP) is 5.54. The van der Waals surface area contributed by atoms with Gasteiger partial charge in [-0.3, -0.25) is 9.78 Å². The quantitative estimate of drug-likeness (QED) is 0.395. The van der Waals surface area contributed by atoms with Gasteiger partial charge in [-0.15, -0.1) is 11.3 Å². The van der Waals surface area contributed by atoms with Crippen LogP contribution in [0.2, 0.25) is 0 Å². The van der Waals surface area contributed by atoms with Gasteiger partial charge in [0.05, 0.1) is 15.2 Å². The Balaban J connectivity index is 1.21. The molecule has 1 amide bonds. The second-order valence-corrected chi connectivity index (χ2v) is 9.72. The van der Waals surface area contributed by atoms with Gasteiger partial charge < -0.3 is 4.90 Å². The number of hydrogen-bond donors (Lipinski definition) is 0. The number of fused-ring (bicyclic) bond motifs is 1. The Bertz CT molecular complexity index is 1200. The third kappa shape index (κ3) is 4.73. The first-order valence-corrected chi connectivity index (χ1v) is 12.1. The number of likely N-dealkylation sites (tertiary alicyclic amines) is 1. The smallest absolute Gasteiger partial charge is 0.223 e. The van der Waals surface area contributed by atoms with Crippen molar-refractivity contribution in [1.82, 2.24) is 14.9 Å². The summed E-state index contributed by atoms with van der Waals surface area (Å²) in [4.78, 5) is 24.4. The summed E-state index contributed by atoms with van der Waals surface area (Å²) in [6.07, 6.45) is 3.12. The Labute approximate surface area is 193 Å². The molecule has 1 aliphatic rings. The Morgan fingerprint density at radius 2 is 1.84 bits per heavy atom. The van der Waals surface area contributed by atoms with E-state index in [4.69, 9.17) is 4.98 Å². The van der Waals surface area contributed by atoms with Crippen LogP contribution in [0.25, 0.3) is 10.2 Å². The lowest BCUT2D eigenvalue weighted by molar-refractivity contribution is -0.130. The topological polar surface area (TPSA) is 46.1 Å². The zero-order chi connectivity index (χ0) is 21.9.